The van der Waals surface area contributed by atoms with Crippen LogP contribution in [-0.4, -0.2) is 16.3 Å². The van der Waals surface area contributed by atoms with Crippen molar-refractivity contribution >= 4 is 34.0 Å². The third kappa shape index (κ3) is 4.71. The first kappa shape index (κ1) is 19.8. The van der Waals surface area contributed by atoms with E-state index in [-0.39, 0.29) is 0 Å². The molecule has 0 spiro atoms. The standard InChI is InChI=1S/C12H9N3.C7H6O.C7H10/c13-8-4-3-7-11-12(8)15-10-6-2-1-5-9(10)14-11;8-6-7-4-2-1-3-5-7;1-2-7-4-3-6(1)5-7/h1-7H,13H2;1-6H;1-2,6-7H,3-5H2. The zero-order valence-corrected chi connectivity index (χ0v) is 16.8. The van der Waals surface area contributed by atoms with E-state index in [4.69, 9.17) is 5.73 Å². The van der Waals surface area contributed by atoms with Crippen molar-refractivity contribution in [2.75, 3.05) is 5.73 Å². The van der Waals surface area contributed by atoms with E-state index in [1.807, 2.05) is 60.7 Å². The molecular weight excluding hydrogens is 370 g/mol. The van der Waals surface area contributed by atoms with Crippen LogP contribution in [0.15, 0.2) is 84.9 Å². The number of aromatic nitrogens is 2. The fraction of sp³-hybridized carbons (Fsp3) is 0.192. The minimum Gasteiger partial charge on any atom is -0.397 e. The molecule has 0 saturated heterocycles. The van der Waals surface area contributed by atoms with Crippen molar-refractivity contribution in [1.29, 1.82) is 0 Å². The van der Waals surface area contributed by atoms with Gasteiger partial charge in [-0.25, -0.2) is 9.97 Å². The maximum absolute atomic E-state index is 10.0. The predicted molar refractivity (Wildman–Crippen MR) is 123 cm³/mol. The van der Waals surface area contributed by atoms with Gasteiger partial charge in [-0.3, -0.25) is 4.79 Å². The molecule has 1 heterocycles. The van der Waals surface area contributed by atoms with Gasteiger partial charge in [-0.05, 0) is 55.4 Å². The largest absolute Gasteiger partial charge is 0.397 e. The molecule has 1 saturated carbocycles. The summed E-state index contributed by atoms with van der Waals surface area (Å²) in [5.74, 6) is 1.98. The number of hydrogen-bond donors (Lipinski definition) is 1. The monoisotopic (exact) mass is 395 g/mol. The quantitative estimate of drug-likeness (QED) is 0.190. The Balaban J connectivity index is 0.000000122. The highest BCUT2D eigenvalue weighted by Crippen LogP contribution is 2.38. The Morgan fingerprint density at radius 2 is 1.33 bits per heavy atom. The molecule has 3 aromatic carbocycles. The molecule has 1 aromatic heterocycles. The number of allylic oxidation sites excluding steroid dienone is 2. The second-order valence-corrected chi connectivity index (χ2v) is 7.67. The molecule has 4 nitrogen and oxygen atoms in total. The fourth-order valence-corrected chi connectivity index (χ4v) is 3.91. The van der Waals surface area contributed by atoms with Crippen LogP contribution in [-0.2, 0) is 0 Å². The van der Waals surface area contributed by atoms with Crippen molar-refractivity contribution in [1.82, 2.24) is 9.97 Å². The van der Waals surface area contributed by atoms with Gasteiger partial charge in [0.25, 0.3) is 0 Å². The molecule has 2 bridgehead atoms. The number of fused-ring (bicyclic) bond motifs is 4. The average molecular weight is 396 g/mol. The van der Waals surface area contributed by atoms with Gasteiger partial charge in [0.05, 0.1) is 22.2 Å². The molecule has 2 aliphatic carbocycles. The van der Waals surface area contributed by atoms with Gasteiger partial charge in [-0.2, -0.15) is 0 Å². The van der Waals surface area contributed by atoms with Crippen LogP contribution in [0.2, 0.25) is 0 Å². The van der Waals surface area contributed by atoms with Crippen LogP contribution in [0.5, 0.6) is 0 Å². The van der Waals surface area contributed by atoms with Crippen molar-refractivity contribution in [3.63, 3.8) is 0 Å². The molecule has 2 aliphatic rings. The van der Waals surface area contributed by atoms with Crippen molar-refractivity contribution in [3.05, 3.63) is 90.5 Å². The Hall–Kier alpha value is -3.53. The lowest BCUT2D eigenvalue weighted by Gasteiger charge is -2.02. The number of anilines is 1. The van der Waals surface area contributed by atoms with E-state index in [9.17, 15) is 4.79 Å². The number of carbonyl (C=O) groups is 1. The second kappa shape index (κ2) is 9.31. The van der Waals surface area contributed by atoms with Gasteiger partial charge in [-0.15, -0.1) is 0 Å². The Morgan fingerprint density at radius 3 is 1.87 bits per heavy atom. The summed E-state index contributed by atoms with van der Waals surface area (Å²) in [6.45, 7) is 0. The highest BCUT2D eigenvalue weighted by Gasteiger charge is 2.25. The van der Waals surface area contributed by atoms with Crippen LogP contribution in [0.4, 0.5) is 5.69 Å². The first-order chi connectivity index (χ1) is 14.7. The lowest BCUT2D eigenvalue weighted by Crippen LogP contribution is -1.92. The van der Waals surface area contributed by atoms with E-state index in [0.29, 0.717) is 5.69 Å². The summed E-state index contributed by atoms with van der Waals surface area (Å²) in [6, 6.07) is 22.5. The van der Waals surface area contributed by atoms with E-state index in [0.717, 1.165) is 45.8 Å². The summed E-state index contributed by atoms with van der Waals surface area (Å²) in [5.41, 5.74) is 10.6. The molecule has 0 radical (unpaired) electrons. The first-order valence-electron chi connectivity index (χ1n) is 10.3. The van der Waals surface area contributed by atoms with E-state index < -0.39 is 0 Å². The molecule has 150 valence electrons. The van der Waals surface area contributed by atoms with E-state index in [1.54, 1.807) is 12.1 Å². The van der Waals surface area contributed by atoms with Crippen molar-refractivity contribution in [2.45, 2.75) is 19.3 Å². The first-order valence-corrected chi connectivity index (χ1v) is 10.3. The summed E-state index contributed by atoms with van der Waals surface area (Å²) in [5, 5.41) is 0. The zero-order valence-electron chi connectivity index (χ0n) is 16.8. The molecule has 1 fully saturated rings. The van der Waals surface area contributed by atoms with Crippen LogP contribution >= 0.6 is 0 Å². The minimum atomic E-state index is 0.672. The van der Waals surface area contributed by atoms with E-state index in [2.05, 4.69) is 22.1 Å². The lowest BCUT2D eigenvalue weighted by atomic mass is 10.1. The summed E-state index contributed by atoms with van der Waals surface area (Å²) in [4.78, 5) is 19.0. The molecule has 2 unspecified atom stereocenters. The van der Waals surface area contributed by atoms with Crippen LogP contribution in [0.25, 0.3) is 22.1 Å². The second-order valence-electron chi connectivity index (χ2n) is 7.67. The Bertz CT molecular complexity index is 1160. The number of nitrogens with zero attached hydrogens (tertiary/aromatic N) is 2. The highest BCUT2D eigenvalue weighted by atomic mass is 16.1. The molecule has 0 aliphatic heterocycles. The fourth-order valence-electron chi connectivity index (χ4n) is 3.91. The highest BCUT2D eigenvalue weighted by molar-refractivity contribution is 5.92. The van der Waals surface area contributed by atoms with Gasteiger partial charge in [0.1, 0.15) is 11.8 Å². The Labute approximate surface area is 176 Å². The van der Waals surface area contributed by atoms with Crippen LogP contribution in [0.3, 0.4) is 0 Å². The number of nitrogen functional groups attached to an aromatic ring is 1. The zero-order chi connectivity index (χ0) is 20.8. The minimum absolute atomic E-state index is 0.672. The number of rotatable bonds is 1. The molecular formula is C26H25N3O. The maximum atomic E-state index is 10.0. The van der Waals surface area contributed by atoms with Crippen LogP contribution in [0, 0.1) is 11.8 Å². The molecule has 4 heteroatoms. The average Bonchev–Trinajstić information content (AvgIpc) is 3.46. The van der Waals surface area contributed by atoms with Gasteiger partial charge in [-0.1, -0.05) is 60.7 Å². The lowest BCUT2D eigenvalue weighted by molar-refractivity contribution is 0.112. The van der Waals surface area contributed by atoms with Crippen molar-refractivity contribution < 1.29 is 4.79 Å². The number of para-hydroxylation sites is 3. The van der Waals surface area contributed by atoms with Gasteiger partial charge in [0.2, 0.25) is 0 Å². The number of aldehydes is 1. The maximum Gasteiger partial charge on any atom is 0.150 e. The third-order valence-electron chi connectivity index (χ3n) is 5.51. The topological polar surface area (TPSA) is 68.9 Å². The number of hydrogen-bond acceptors (Lipinski definition) is 4. The number of nitrogens with two attached hydrogens (primary N) is 1. The molecule has 4 aromatic rings. The summed E-state index contributed by atoms with van der Waals surface area (Å²) in [7, 11) is 0. The van der Waals surface area contributed by atoms with Gasteiger partial charge in [0, 0.05) is 5.56 Å². The molecule has 0 amide bonds. The van der Waals surface area contributed by atoms with Gasteiger partial charge < -0.3 is 5.73 Å². The Kier molecular flexibility index (Phi) is 6.14. The summed E-state index contributed by atoms with van der Waals surface area (Å²) >= 11 is 0. The molecule has 30 heavy (non-hydrogen) atoms. The summed E-state index contributed by atoms with van der Waals surface area (Å²) in [6.07, 6.45) is 10.0. The Morgan fingerprint density at radius 1 is 0.733 bits per heavy atom. The third-order valence-corrected chi connectivity index (χ3v) is 5.51. The predicted octanol–water partition coefficient (Wildman–Crippen LogP) is 5.84. The van der Waals surface area contributed by atoms with E-state index >= 15 is 0 Å². The van der Waals surface area contributed by atoms with Crippen LogP contribution in [0.1, 0.15) is 29.6 Å². The number of carbonyl (C=O) groups excluding carboxylic acids is 1. The van der Waals surface area contributed by atoms with Crippen molar-refractivity contribution in [2.24, 2.45) is 11.8 Å². The molecule has 2 atom stereocenters. The normalized spacial score (nSPS) is 18.4. The van der Waals surface area contributed by atoms with E-state index in [1.165, 1.54) is 19.3 Å². The number of benzene rings is 3. The van der Waals surface area contributed by atoms with Crippen LogP contribution < -0.4 is 5.73 Å². The smallest absolute Gasteiger partial charge is 0.150 e. The SMILES string of the molecule is C1=CC2CCC1C2.Nc1cccc2nc3ccccc3nc12.O=Cc1ccccc1. The molecule has 2 N–H and O–H groups in total. The van der Waals surface area contributed by atoms with Crippen molar-refractivity contribution in [3.8, 4) is 0 Å². The van der Waals surface area contributed by atoms with Gasteiger partial charge in [0.15, 0.2) is 0 Å². The van der Waals surface area contributed by atoms with Gasteiger partial charge >= 0.3 is 0 Å². The summed E-state index contributed by atoms with van der Waals surface area (Å²) < 4.78 is 0. The molecule has 6 rings (SSSR count).